The number of carbonyl (C=O) groups excluding carboxylic acids is 1. The van der Waals surface area contributed by atoms with E-state index in [-0.39, 0.29) is 13.2 Å². The molecule has 0 aliphatic heterocycles. The van der Waals surface area contributed by atoms with Crippen molar-refractivity contribution in [3.63, 3.8) is 0 Å². The number of unbranched alkanes of at least 4 members (excludes halogenated alkanes) is 1. The fraction of sp³-hybridized carbons (Fsp3) is 0.875. The number of nitrogens with zero attached hydrogens (tertiary/aromatic N) is 4. The predicted octanol–water partition coefficient (Wildman–Crippen LogP) is 1.21. The molecule has 0 amide bonds. The minimum absolute atomic E-state index is 0.122. The first-order valence-electron chi connectivity index (χ1n) is 5.20. The average molecular weight is 264 g/mol. The monoisotopic (exact) mass is 264 g/mol. The zero-order valence-corrected chi connectivity index (χ0v) is 10.7. The highest BCUT2D eigenvalue weighted by atomic mass is 32.2. The van der Waals surface area contributed by atoms with Crippen LogP contribution in [-0.2, 0) is 19.7 Å². The predicted molar refractivity (Wildman–Crippen MR) is 61.2 cm³/mol. The van der Waals surface area contributed by atoms with Gasteiger partial charge in [-0.1, -0.05) is 13.3 Å². The average Bonchev–Trinajstić information content (AvgIpc) is 2.24. The van der Waals surface area contributed by atoms with Gasteiger partial charge >= 0.3 is 16.2 Å². The van der Waals surface area contributed by atoms with Gasteiger partial charge in [0.2, 0.25) is 0 Å². The van der Waals surface area contributed by atoms with Gasteiger partial charge in [-0.2, -0.15) is 4.31 Å². The van der Waals surface area contributed by atoms with Crippen molar-refractivity contribution in [1.29, 1.82) is 0 Å². The first-order valence-corrected chi connectivity index (χ1v) is 6.59. The van der Waals surface area contributed by atoms with E-state index < -0.39 is 22.7 Å². The van der Waals surface area contributed by atoms with Crippen LogP contribution in [0.15, 0.2) is 4.52 Å². The zero-order valence-electron chi connectivity index (χ0n) is 9.87. The Morgan fingerprint density at radius 2 is 2.12 bits per heavy atom. The largest absolute Gasteiger partial charge is 0.465 e. The second-order valence-corrected chi connectivity index (χ2v) is 4.72. The molecule has 9 heteroatoms. The van der Waals surface area contributed by atoms with Gasteiger partial charge in [0.25, 0.3) is 0 Å². The molecule has 0 fully saturated rings. The van der Waals surface area contributed by atoms with Crippen LogP contribution in [0.2, 0.25) is 0 Å². The lowest BCUT2D eigenvalue weighted by Crippen LogP contribution is -2.35. The molecule has 0 aliphatic rings. The summed E-state index contributed by atoms with van der Waals surface area (Å²) in [4.78, 5) is 13.4. The number of rotatable bonds is 8. The van der Waals surface area contributed by atoms with E-state index in [1.54, 1.807) is 6.92 Å². The molecule has 0 atom stereocenters. The van der Waals surface area contributed by atoms with Gasteiger partial charge < -0.3 is 4.74 Å². The highest BCUT2D eigenvalue weighted by Crippen LogP contribution is 2.06. The van der Waals surface area contributed by atoms with Crippen LogP contribution in [0, 0.1) is 0 Å². The first kappa shape index (κ1) is 15.7. The highest BCUT2D eigenvalue weighted by molar-refractivity contribution is 7.87. The topological polar surface area (TPSA) is 112 Å². The molecule has 98 valence electrons. The molecule has 0 heterocycles. The van der Waals surface area contributed by atoms with Crippen LogP contribution in [0.5, 0.6) is 0 Å². The smallest absolute Gasteiger partial charge is 0.321 e. The Morgan fingerprint density at radius 1 is 1.47 bits per heavy atom. The van der Waals surface area contributed by atoms with Gasteiger partial charge in [0.1, 0.15) is 6.54 Å². The summed E-state index contributed by atoms with van der Waals surface area (Å²) in [7, 11) is -4.12. The number of esters is 1. The first-order chi connectivity index (χ1) is 7.97. The van der Waals surface area contributed by atoms with E-state index in [4.69, 9.17) is 5.53 Å². The molecular formula is C8H16N4O4S. The van der Waals surface area contributed by atoms with Crippen molar-refractivity contribution in [1.82, 2.24) is 4.31 Å². The minimum Gasteiger partial charge on any atom is -0.465 e. The summed E-state index contributed by atoms with van der Waals surface area (Å²) in [5.74, 6) is -0.666. The summed E-state index contributed by atoms with van der Waals surface area (Å²) in [5, 5.41) is 0. The molecule has 17 heavy (non-hydrogen) atoms. The molecule has 0 saturated heterocycles. The Balaban J connectivity index is 4.75. The van der Waals surface area contributed by atoms with E-state index in [1.807, 2.05) is 6.92 Å². The van der Waals surface area contributed by atoms with Gasteiger partial charge in [0.05, 0.1) is 6.61 Å². The lowest BCUT2D eigenvalue weighted by atomic mass is 10.3. The number of azide groups is 1. The minimum atomic E-state index is -4.12. The summed E-state index contributed by atoms with van der Waals surface area (Å²) in [6.45, 7) is 3.35. The second-order valence-electron chi connectivity index (χ2n) is 3.14. The standard InChI is InChI=1S/C8H16N4O4S/c1-3-5-6-12(7-8(13)16-4-2)17(14,15)11-10-9/h3-7H2,1-2H3. The molecule has 0 radical (unpaired) electrons. The van der Waals surface area contributed by atoms with E-state index in [9.17, 15) is 13.2 Å². The molecule has 8 nitrogen and oxygen atoms in total. The molecule has 0 rings (SSSR count). The van der Waals surface area contributed by atoms with E-state index >= 15 is 0 Å². The van der Waals surface area contributed by atoms with Crippen molar-refractivity contribution in [2.45, 2.75) is 26.7 Å². The summed E-state index contributed by atoms with van der Waals surface area (Å²) >= 11 is 0. The van der Waals surface area contributed by atoms with E-state index in [2.05, 4.69) is 14.2 Å². The molecule has 0 aromatic rings. The van der Waals surface area contributed by atoms with Crippen molar-refractivity contribution in [3.05, 3.63) is 10.4 Å². The Bertz CT molecular complexity index is 388. The summed E-state index contributed by atoms with van der Waals surface area (Å²) < 4.78 is 31.1. The number of carbonyl (C=O) groups is 1. The Morgan fingerprint density at radius 3 is 2.59 bits per heavy atom. The maximum Gasteiger partial charge on any atom is 0.321 e. The third-order valence-electron chi connectivity index (χ3n) is 1.84. The SMILES string of the molecule is CCCCN(CC(=O)OCC)S(=O)(=O)N=[N+]=[N-]. The Kier molecular flexibility index (Phi) is 7.27. The van der Waals surface area contributed by atoms with Gasteiger partial charge in [-0.25, -0.2) is 8.42 Å². The quantitative estimate of drug-likeness (QED) is 0.284. The highest BCUT2D eigenvalue weighted by Gasteiger charge is 2.23. The van der Waals surface area contributed by atoms with Crippen LogP contribution in [0.3, 0.4) is 0 Å². The van der Waals surface area contributed by atoms with Gasteiger partial charge in [-0.15, -0.1) is 0 Å². The maximum absolute atomic E-state index is 11.5. The molecule has 0 spiro atoms. The van der Waals surface area contributed by atoms with Crippen molar-refractivity contribution >= 4 is 16.2 Å². The third-order valence-corrected chi connectivity index (χ3v) is 3.08. The van der Waals surface area contributed by atoms with Gasteiger partial charge in [0, 0.05) is 16.0 Å². The summed E-state index contributed by atoms with van der Waals surface area (Å²) in [6.07, 6.45) is 1.32. The summed E-state index contributed by atoms with van der Waals surface area (Å²) in [6, 6.07) is 0. The van der Waals surface area contributed by atoms with E-state index in [0.29, 0.717) is 6.42 Å². The van der Waals surface area contributed by atoms with Crippen molar-refractivity contribution < 1.29 is 17.9 Å². The van der Waals surface area contributed by atoms with Gasteiger partial charge in [-0.3, -0.25) is 4.79 Å². The third kappa shape index (κ3) is 6.10. The molecule has 0 bridgehead atoms. The molecule has 0 saturated carbocycles. The molecule has 0 unspecified atom stereocenters. The molecule has 0 N–H and O–H groups in total. The van der Waals surface area contributed by atoms with Crippen LogP contribution in [-0.4, -0.2) is 38.4 Å². The van der Waals surface area contributed by atoms with Gasteiger partial charge in [0.15, 0.2) is 0 Å². The lowest BCUT2D eigenvalue weighted by molar-refractivity contribution is -0.143. The molecule has 0 aliphatic carbocycles. The van der Waals surface area contributed by atoms with E-state index in [0.717, 1.165) is 10.7 Å². The van der Waals surface area contributed by atoms with Crippen LogP contribution < -0.4 is 0 Å². The fourth-order valence-corrected chi connectivity index (χ4v) is 1.88. The van der Waals surface area contributed by atoms with Crippen molar-refractivity contribution in [2.24, 2.45) is 4.52 Å². The van der Waals surface area contributed by atoms with Gasteiger partial charge in [-0.05, 0) is 18.9 Å². The molecule has 0 aromatic carbocycles. The van der Waals surface area contributed by atoms with Crippen LogP contribution in [0.25, 0.3) is 10.4 Å². The Labute approximate surface area is 100 Å². The normalized spacial score (nSPS) is 11.0. The fourth-order valence-electron chi connectivity index (χ4n) is 1.06. The van der Waals surface area contributed by atoms with Crippen molar-refractivity contribution in [3.8, 4) is 0 Å². The number of hydrogen-bond acceptors (Lipinski definition) is 4. The number of ether oxygens (including phenoxy) is 1. The van der Waals surface area contributed by atoms with Crippen LogP contribution in [0.4, 0.5) is 0 Å². The lowest BCUT2D eigenvalue weighted by Gasteiger charge is -2.17. The maximum atomic E-state index is 11.5. The summed E-state index contributed by atoms with van der Waals surface area (Å²) in [5.41, 5.74) is 8.15. The van der Waals surface area contributed by atoms with Crippen LogP contribution in [0.1, 0.15) is 26.7 Å². The van der Waals surface area contributed by atoms with Crippen LogP contribution >= 0.6 is 0 Å². The zero-order chi connectivity index (χ0) is 13.3. The van der Waals surface area contributed by atoms with E-state index in [1.165, 1.54) is 0 Å². The molecule has 0 aromatic heterocycles. The Hall–Kier alpha value is -1.31. The number of hydrogen-bond donors (Lipinski definition) is 0. The van der Waals surface area contributed by atoms with Crippen molar-refractivity contribution in [2.75, 3.05) is 19.7 Å². The second kappa shape index (κ2) is 7.88. The molecular weight excluding hydrogens is 248 g/mol.